The first-order valence-electron chi connectivity index (χ1n) is 4.83. The van der Waals surface area contributed by atoms with E-state index >= 15 is 0 Å². The summed E-state index contributed by atoms with van der Waals surface area (Å²) in [6, 6.07) is 0. The smallest absolute Gasteiger partial charge is 0.263 e. The summed E-state index contributed by atoms with van der Waals surface area (Å²) in [6.07, 6.45) is 2.23. The number of nitrogens with one attached hydrogen (secondary N) is 1. The van der Waals surface area contributed by atoms with Crippen molar-refractivity contribution in [2.45, 2.75) is 20.3 Å². The molecule has 0 aliphatic rings. The molecule has 1 heterocycles. The highest BCUT2D eigenvalue weighted by molar-refractivity contribution is 7.11. The van der Waals surface area contributed by atoms with E-state index in [2.05, 4.69) is 10.3 Å². The van der Waals surface area contributed by atoms with E-state index in [1.54, 1.807) is 11.7 Å². The zero-order valence-electron chi connectivity index (χ0n) is 8.99. The van der Waals surface area contributed by atoms with Gasteiger partial charge in [-0.2, -0.15) is 0 Å². The van der Waals surface area contributed by atoms with Crippen LogP contribution in [0, 0.1) is 5.41 Å². The molecule has 0 aliphatic carbocycles. The van der Waals surface area contributed by atoms with E-state index in [0.717, 1.165) is 0 Å². The van der Waals surface area contributed by atoms with E-state index in [0.29, 0.717) is 17.8 Å². The molecule has 0 radical (unpaired) electrons. The summed E-state index contributed by atoms with van der Waals surface area (Å²) in [5.41, 5.74) is 1.56. The Hall–Kier alpha value is -0.940. The summed E-state index contributed by atoms with van der Waals surface area (Å²) in [7, 11) is 0. The molecule has 5 heteroatoms. The van der Waals surface area contributed by atoms with Gasteiger partial charge in [-0.3, -0.25) is 9.78 Å². The van der Waals surface area contributed by atoms with Gasteiger partial charge in [0.2, 0.25) is 0 Å². The van der Waals surface area contributed by atoms with Gasteiger partial charge < -0.3 is 10.4 Å². The molecular formula is C10H16N2O2S. The first-order chi connectivity index (χ1) is 7.05. The van der Waals surface area contributed by atoms with Gasteiger partial charge in [-0.15, -0.1) is 11.3 Å². The maximum absolute atomic E-state index is 11.6. The molecule has 0 aliphatic heterocycles. The van der Waals surface area contributed by atoms with Crippen LogP contribution in [-0.2, 0) is 0 Å². The van der Waals surface area contributed by atoms with Crippen LogP contribution in [-0.4, -0.2) is 29.1 Å². The summed E-state index contributed by atoms with van der Waals surface area (Å²) >= 11 is 1.32. The van der Waals surface area contributed by atoms with Crippen LogP contribution >= 0.6 is 11.3 Å². The molecule has 4 nitrogen and oxygen atoms in total. The first-order valence-corrected chi connectivity index (χ1v) is 5.71. The molecule has 84 valence electrons. The van der Waals surface area contributed by atoms with E-state index in [4.69, 9.17) is 5.11 Å². The number of aliphatic hydroxyl groups excluding tert-OH is 1. The van der Waals surface area contributed by atoms with E-state index in [1.807, 2.05) is 13.8 Å². The lowest BCUT2D eigenvalue weighted by Crippen LogP contribution is -2.34. The summed E-state index contributed by atoms with van der Waals surface area (Å²) in [5.74, 6) is -0.0940. The van der Waals surface area contributed by atoms with Crippen LogP contribution in [0.15, 0.2) is 11.7 Å². The zero-order valence-corrected chi connectivity index (χ0v) is 9.80. The molecule has 0 bridgehead atoms. The Balaban J connectivity index is 2.40. The summed E-state index contributed by atoms with van der Waals surface area (Å²) < 4.78 is 0. The summed E-state index contributed by atoms with van der Waals surface area (Å²) in [6.45, 7) is 4.72. The van der Waals surface area contributed by atoms with E-state index < -0.39 is 0 Å². The minimum absolute atomic E-state index is 0.0743. The molecule has 0 saturated heterocycles. The lowest BCUT2D eigenvalue weighted by molar-refractivity contribution is 0.0932. The molecule has 1 amide bonds. The van der Waals surface area contributed by atoms with Crippen molar-refractivity contribution in [2.24, 2.45) is 5.41 Å². The lowest BCUT2D eigenvalue weighted by Gasteiger charge is -2.23. The zero-order chi connectivity index (χ0) is 11.3. The Kier molecular flexibility index (Phi) is 4.23. The Morgan fingerprint density at radius 2 is 2.40 bits per heavy atom. The number of hydrogen-bond donors (Lipinski definition) is 2. The van der Waals surface area contributed by atoms with Gasteiger partial charge in [0.1, 0.15) is 4.88 Å². The predicted octanol–water partition coefficient (Wildman–Crippen LogP) is 1.28. The minimum Gasteiger partial charge on any atom is -0.396 e. The van der Waals surface area contributed by atoms with Crippen LogP contribution in [0.2, 0.25) is 0 Å². The van der Waals surface area contributed by atoms with Gasteiger partial charge in [0.05, 0.1) is 11.7 Å². The third-order valence-electron chi connectivity index (χ3n) is 2.17. The number of carbonyl (C=O) groups excluding carboxylic acids is 1. The summed E-state index contributed by atoms with van der Waals surface area (Å²) in [5, 5.41) is 11.7. The number of hydrogen-bond acceptors (Lipinski definition) is 4. The van der Waals surface area contributed by atoms with Crippen molar-refractivity contribution in [3.63, 3.8) is 0 Å². The third kappa shape index (κ3) is 3.97. The van der Waals surface area contributed by atoms with E-state index in [9.17, 15) is 4.79 Å². The van der Waals surface area contributed by atoms with Crippen molar-refractivity contribution in [2.75, 3.05) is 13.2 Å². The minimum atomic E-state index is -0.0940. The maximum Gasteiger partial charge on any atom is 0.263 e. The second kappa shape index (κ2) is 5.23. The van der Waals surface area contributed by atoms with Crippen molar-refractivity contribution in [1.82, 2.24) is 10.3 Å². The SMILES string of the molecule is CC(C)(CCO)CNC(=O)c1cncs1. The maximum atomic E-state index is 11.6. The van der Waals surface area contributed by atoms with Crippen LogP contribution in [0.3, 0.4) is 0 Å². The normalized spacial score (nSPS) is 11.4. The lowest BCUT2D eigenvalue weighted by atomic mass is 9.90. The van der Waals surface area contributed by atoms with Gasteiger partial charge in [0.25, 0.3) is 5.91 Å². The Morgan fingerprint density at radius 3 is 2.93 bits per heavy atom. The predicted molar refractivity (Wildman–Crippen MR) is 59.9 cm³/mol. The number of aliphatic hydroxyl groups is 1. The monoisotopic (exact) mass is 228 g/mol. The number of thiazole rings is 1. The molecule has 1 aromatic heterocycles. The first kappa shape index (κ1) is 12.1. The topological polar surface area (TPSA) is 62.2 Å². The number of amides is 1. The van der Waals surface area contributed by atoms with Gasteiger partial charge >= 0.3 is 0 Å². The van der Waals surface area contributed by atoms with Gasteiger partial charge in [0, 0.05) is 13.2 Å². The molecule has 1 rings (SSSR count). The summed E-state index contributed by atoms with van der Waals surface area (Å²) in [4.78, 5) is 16.0. The fourth-order valence-corrected chi connectivity index (χ4v) is 1.66. The van der Waals surface area contributed by atoms with Gasteiger partial charge in [-0.1, -0.05) is 13.8 Å². The van der Waals surface area contributed by atoms with Crippen molar-refractivity contribution in [3.05, 3.63) is 16.6 Å². The van der Waals surface area contributed by atoms with Gasteiger partial charge in [0.15, 0.2) is 0 Å². The average Bonchev–Trinajstić information content (AvgIpc) is 2.67. The van der Waals surface area contributed by atoms with Crippen molar-refractivity contribution in [1.29, 1.82) is 0 Å². The standard InChI is InChI=1S/C10H16N2O2S/c1-10(2,3-4-13)6-12-9(14)8-5-11-7-15-8/h5,7,13H,3-4,6H2,1-2H3,(H,12,14). The van der Waals surface area contributed by atoms with Crippen LogP contribution in [0.25, 0.3) is 0 Å². The second-order valence-electron chi connectivity index (χ2n) is 4.19. The fraction of sp³-hybridized carbons (Fsp3) is 0.600. The van der Waals surface area contributed by atoms with E-state index in [-0.39, 0.29) is 17.9 Å². The van der Waals surface area contributed by atoms with Crippen molar-refractivity contribution in [3.8, 4) is 0 Å². The average molecular weight is 228 g/mol. The number of aromatic nitrogens is 1. The number of carbonyl (C=O) groups is 1. The number of nitrogens with zero attached hydrogens (tertiary/aromatic N) is 1. The molecule has 0 fully saturated rings. The fourth-order valence-electron chi connectivity index (χ4n) is 1.13. The third-order valence-corrected chi connectivity index (χ3v) is 2.94. The Morgan fingerprint density at radius 1 is 1.67 bits per heavy atom. The molecule has 15 heavy (non-hydrogen) atoms. The molecule has 0 unspecified atom stereocenters. The van der Waals surface area contributed by atoms with Crippen LogP contribution in [0.5, 0.6) is 0 Å². The number of rotatable bonds is 5. The molecular weight excluding hydrogens is 212 g/mol. The van der Waals surface area contributed by atoms with Gasteiger partial charge in [-0.05, 0) is 11.8 Å². The van der Waals surface area contributed by atoms with Crippen LogP contribution < -0.4 is 5.32 Å². The van der Waals surface area contributed by atoms with Crippen molar-refractivity contribution >= 4 is 17.2 Å². The Bertz CT molecular complexity index is 309. The molecule has 0 aromatic carbocycles. The van der Waals surface area contributed by atoms with Gasteiger partial charge in [-0.25, -0.2) is 0 Å². The molecule has 0 spiro atoms. The van der Waals surface area contributed by atoms with E-state index in [1.165, 1.54) is 11.3 Å². The highest BCUT2D eigenvalue weighted by Crippen LogP contribution is 2.18. The molecule has 0 atom stereocenters. The molecule has 0 saturated carbocycles. The molecule has 2 N–H and O–H groups in total. The van der Waals surface area contributed by atoms with Crippen LogP contribution in [0.1, 0.15) is 29.9 Å². The molecule has 1 aromatic rings. The Labute approximate surface area is 93.4 Å². The highest BCUT2D eigenvalue weighted by atomic mass is 32.1. The highest BCUT2D eigenvalue weighted by Gasteiger charge is 2.18. The second-order valence-corrected chi connectivity index (χ2v) is 5.07. The quantitative estimate of drug-likeness (QED) is 0.798. The van der Waals surface area contributed by atoms with Crippen LogP contribution in [0.4, 0.5) is 0 Å². The largest absolute Gasteiger partial charge is 0.396 e. The van der Waals surface area contributed by atoms with Crippen molar-refractivity contribution < 1.29 is 9.90 Å².